The highest BCUT2D eigenvalue weighted by Gasteiger charge is 2.24. The van der Waals surface area contributed by atoms with E-state index in [1.807, 2.05) is 48.2 Å². The molecule has 2 aromatic rings. The number of benzene rings is 2. The van der Waals surface area contributed by atoms with Crippen molar-refractivity contribution in [2.75, 3.05) is 22.9 Å². The summed E-state index contributed by atoms with van der Waals surface area (Å²) in [6.45, 7) is 2.63. The molecule has 3 nitrogen and oxygen atoms in total. The Hall–Kier alpha value is -1.94. The average molecular weight is 284 g/mol. The fraction of sp³-hybridized carbons (Fsp3) is 0.188. The van der Waals surface area contributed by atoms with Gasteiger partial charge in [0.05, 0.1) is 5.69 Å². The molecule has 0 radical (unpaired) electrons. The fourth-order valence-electron chi connectivity index (χ4n) is 2.41. The maximum absolute atomic E-state index is 12.8. The molecule has 0 saturated heterocycles. The topological polar surface area (TPSA) is 46.3 Å². The third-order valence-corrected chi connectivity index (χ3v) is 4.62. The number of nitrogens with zero attached hydrogens (tertiary/aromatic N) is 1. The molecule has 102 valence electrons. The number of thioether (sulfide) groups is 1. The summed E-state index contributed by atoms with van der Waals surface area (Å²) in [5.74, 6) is 0.951. The maximum Gasteiger partial charge on any atom is 0.258 e. The van der Waals surface area contributed by atoms with Crippen LogP contribution in [-0.4, -0.2) is 18.2 Å². The van der Waals surface area contributed by atoms with Crippen molar-refractivity contribution in [2.24, 2.45) is 0 Å². The molecule has 2 N–H and O–H groups in total. The second kappa shape index (κ2) is 5.21. The Morgan fingerprint density at radius 3 is 2.85 bits per heavy atom. The van der Waals surface area contributed by atoms with Gasteiger partial charge < -0.3 is 10.6 Å². The lowest BCUT2D eigenvalue weighted by atomic mass is 10.1. The molecule has 0 atom stereocenters. The molecule has 0 aliphatic carbocycles. The Kier molecular flexibility index (Phi) is 3.40. The lowest BCUT2D eigenvalue weighted by Crippen LogP contribution is -2.35. The Bertz CT molecular complexity index is 669. The van der Waals surface area contributed by atoms with Crippen LogP contribution in [0.25, 0.3) is 0 Å². The molecule has 1 heterocycles. The zero-order valence-electron chi connectivity index (χ0n) is 11.3. The molecule has 0 saturated carbocycles. The fourth-order valence-corrected chi connectivity index (χ4v) is 3.41. The van der Waals surface area contributed by atoms with E-state index < -0.39 is 0 Å². The molecule has 0 fully saturated rings. The number of hydrogen-bond acceptors (Lipinski definition) is 3. The van der Waals surface area contributed by atoms with Gasteiger partial charge in [0.25, 0.3) is 5.91 Å². The van der Waals surface area contributed by atoms with Gasteiger partial charge in [0.2, 0.25) is 0 Å². The zero-order chi connectivity index (χ0) is 14.1. The van der Waals surface area contributed by atoms with Gasteiger partial charge in [-0.25, -0.2) is 0 Å². The van der Waals surface area contributed by atoms with Crippen molar-refractivity contribution in [3.8, 4) is 0 Å². The minimum atomic E-state index is 0.0301. The number of hydrogen-bond donors (Lipinski definition) is 1. The van der Waals surface area contributed by atoms with E-state index in [4.69, 9.17) is 5.73 Å². The molecule has 20 heavy (non-hydrogen) atoms. The van der Waals surface area contributed by atoms with Gasteiger partial charge in [-0.05, 0) is 36.8 Å². The van der Waals surface area contributed by atoms with E-state index in [9.17, 15) is 4.79 Å². The van der Waals surface area contributed by atoms with Crippen LogP contribution in [0.4, 0.5) is 11.4 Å². The minimum Gasteiger partial charge on any atom is -0.398 e. The molecule has 0 spiro atoms. The second-order valence-electron chi connectivity index (χ2n) is 4.79. The first kappa shape index (κ1) is 13.1. The molecule has 0 aromatic heterocycles. The van der Waals surface area contributed by atoms with Crippen LogP contribution in [0.2, 0.25) is 0 Å². The largest absolute Gasteiger partial charge is 0.398 e. The van der Waals surface area contributed by atoms with Gasteiger partial charge in [0.15, 0.2) is 0 Å². The summed E-state index contributed by atoms with van der Waals surface area (Å²) in [5.41, 5.74) is 9.11. The molecule has 1 aliphatic rings. The lowest BCUT2D eigenvalue weighted by molar-refractivity contribution is 0.0987. The van der Waals surface area contributed by atoms with Crippen LogP contribution >= 0.6 is 11.8 Å². The molecule has 1 aliphatic heterocycles. The number of nitrogens with two attached hydrogens (primary N) is 1. The third-order valence-electron chi connectivity index (χ3n) is 3.58. The van der Waals surface area contributed by atoms with Crippen molar-refractivity contribution in [3.63, 3.8) is 0 Å². The lowest BCUT2D eigenvalue weighted by Gasteiger charge is -2.29. The second-order valence-corrected chi connectivity index (χ2v) is 5.93. The summed E-state index contributed by atoms with van der Waals surface area (Å²) in [6, 6.07) is 13.5. The van der Waals surface area contributed by atoms with Crippen LogP contribution in [0.3, 0.4) is 0 Å². The molecule has 0 bridgehead atoms. The normalized spacial score (nSPS) is 13.9. The first-order valence-electron chi connectivity index (χ1n) is 6.57. The van der Waals surface area contributed by atoms with Crippen molar-refractivity contribution < 1.29 is 4.79 Å². The van der Waals surface area contributed by atoms with Gasteiger partial charge in [-0.1, -0.05) is 18.2 Å². The smallest absolute Gasteiger partial charge is 0.258 e. The van der Waals surface area contributed by atoms with E-state index in [0.29, 0.717) is 11.3 Å². The third kappa shape index (κ3) is 2.16. The molecular weight excluding hydrogens is 268 g/mol. The average Bonchev–Trinajstić information content (AvgIpc) is 2.49. The molecule has 2 aromatic carbocycles. The monoisotopic (exact) mass is 284 g/mol. The molecule has 4 heteroatoms. The van der Waals surface area contributed by atoms with E-state index in [2.05, 4.69) is 6.07 Å². The van der Waals surface area contributed by atoms with Crippen molar-refractivity contribution in [1.82, 2.24) is 0 Å². The zero-order valence-corrected chi connectivity index (χ0v) is 12.1. The van der Waals surface area contributed by atoms with E-state index >= 15 is 0 Å². The number of amides is 1. The van der Waals surface area contributed by atoms with Crippen LogP contribution in [-0.2, 0) is 0 Å². The van der Waals surface area contributed by atoms with Crippen LogP contribution in [0.15, 0.2) is 47.4 Å². The first-order valence-corrected chi connectivity index (χ1v) is 7.56. The Balaban J connectivity index is 2.02. The molecule has 3 rings (SSSR count). The Morgan fingerprint density at radius 2 is 2.00 bits per heavy atom. The van der Waals surface area contributed by atoms with Crippen molar-refractivity contribution >= 4 is 29.0 Å². The van der Waals surface area contributed by atoms with Gasteiger partial charge in [-0.3, -0.25) is 4.79 Å². The molecule has 1 amide bonds. The number of fused-ring (bicyclic) bond motifs is 1. The van der Waals surface area contributed by atoms with E-state index in [0.717, 1.165) is 28.4 Å². The van der Waals surface area contributed by atoms with Gasteiger partial charge in [-0.15, -0.1) is 11.8 Å². The van der Waals surface area contributed by atoms with Crippen molar-refractivity contribution in [3.05, 3.63) is 53.6 Å². The minimum absolute atomic E-state index is 0.0301. The van der Waals surface area contributed by atoms with Gasteiger partial charge in [0.1, 0.15) is 0 Å². The summed E-state index contributed by atoms with van der Waals surface area (Å²) < 4.78 is 0. The van der Waals surface area contributed by atoms with Crippen molar-refractivity contribution in [2.45, 2.75) is 11.8 Å². The van der Waals surface area contributed by atoms with Crippen molar-refractivity contribution in [1.29, 1.82) is 0 Å². The first-order chi connectivity index (χ1) is 9.68. The highest BCUT2D eigenvalue weighted by Crippen LogP contribution is 2.35. The number of carbonyl (C=O) groups is 1. The summed E-state index contributed by atoms with van der Waals surface area (Å²) in [6.07, 6.45) is 0. The van der Waals surface area contributed by atoms with Crippen LogP contribution in [0.1, 0.15) is 15.9 Å². The number of anilines is 2. The van der Waals surface area contributed by atoms with Crippen LogP contribution in [0, 0.1) is 6.92 Å². The predicted octanol–water partition coefficient (Wildman–Crippen LogP) is 3.33. The number of para-hydroxylation sites is 1. The van der Waals surface area contributed by atoms with Gasteiger partial charge in [-0.2, -0.15) is 0 Å². The SMILES string of the molecule is Cc1c(N)cccc1C(=O)N1CCSc2ccccc21. The quantitative estimate of drug-likeness (QED) is 0.817. The van der Waals surface area contributed by atoms with E-state index in [-0.39, 0.29) is 5.91 Å². The van der Waals surface area contributed by atoms with Crippen LogP contribution < -0.4 is 10.6 Å². The summed E-state index contributed by atoms with van der Waals surface area (Å²) in [5, 5.41) is 0. The van der Waals surface area contributed by atoms with Gasteiger partial charge in [0, 0.05) is 28.4 Å². The number of nitrogen functional groups attached to an aromatic ring is 1. The maximum atomic E-state index is 12.8. The standard InChI is InChI=1S/C16H16N2OS/c1-11-12(5-4-6-13(11)17)16(19)18-9-10-20-15-8-3-2-7-14(15)18/h2-8H,9-10,17H2,1H3. The van der Waals surface area contributed by atoms with E-state index in [1.165, 1.54) is 0 Å². The number of carbonyl (C=O) groups excluding carboxylic acids is 1. The highest BCUT2D eigenvalue weighted by molar-refractivity contribution is 7.99. The predicted molar refractivity (Wildman–Crippen MR) is 84.4 cm³/mol. The molecule has 0 unspecified atom stereocenters. The van der Waals surface area contributed by atoms with E-state index in [1.54, 1.807) is 11.8 Å². The Morgan fingerprint density at radius 1 is 1.20 bits per heavy atom. The number of rotatable bonds is 1. The summed E-state index contributed by atoms with van der Waals surface area (Å²) >= 11 is 1.79. The Labute approximate surface area is 122 Å². The summed E-state index contributed by atoms with van der Waals surface area (Å²) in [7, 11) is 0. The summed E-state index contributed by atoms with van der Waals surface area (Å²) in [4.78, 5) is 15.8. The highest BCUT2D eigenvalue weighted by atomic mass is 32.2. The van der Waals surface area contributed by atoms with Crippen LogP contribution in [0.5, 0.6) is 0 Å². The molecular formula is C16H16N2OS. The van der Waals surface area contributed by atoms with Gasteiger partial charge >= 0.3 is 0 Å².